The molecule has 1 aromatic heterocycles. The molecule has 0 aliphatic heterocycles. The van der Waals surface area contributed by atoms with Crippen LogP contribution in [0.4, 0.5) is 5.82 Å². The van der Waals surface area contributed by atoms with Gasteiger partial charge in [0.2, 0.25) is 0 Å². The van der Waals surface area contributed by atoms with Crippen molar-refractivity contribution in [2.45, 2.75) is 26.7 Å². The van der Waals surface area contributed by atoms with Gasteiger partial charge in [0.05, 0.1) is 9.26 Å². The number of rotatable bonds is 4. The van der Waals surface area contributed by atoms with E-state index in [1.54, 1.807) is 0 Å². The lowest BCUT2D eigenvalue weighted by Gasteiger charge is -2.14. The highest BCUT2D eigenvalue weighted by Crippen LogP contribution is 2.29. The van der Waals surface area contributed by atoms with Gasteiger partial charge in [-0.2, -0.15) is 0 Å². The van der Waals surface area contributed by atoms with E-state index in [0.29, 0.717) is 5.92 Å². The SMILES string of the molecule is CCNc1nc(-c2cccc(Br)c2)nc(C(C)C)c1I. The zero-order valence-electron chi connectivity index (χ0n) is 11.7. The predicted octanol–water partition coefficient (Wildman–Crippen LogP) is 5.07. The van der Waals surface area contributed by atoms with Crippen LogP contribution in [-0.2, 0) is 0 Å². The topological polar surface area (TPSA) is 37.8 Å². The van der Waals surface area contributed by atoms with Crippen molar-refractivity contribution in [1.29, 1.82) is 0 Å². The molecule has 0 spiro atoms. The van der Waals surface area contributed by atoms with E-state index >= 15 is 0 Å². The minimum Gasteiger partial charge on any atom is -0.369 e. The Balaban J connectivity index is 2.58. The summed E-state index contributed by atoms with van der Waals surface area (Å²) in [5.41, 5.74) is 2.11. The number of anilines is 1. The molecule has 0 saturated heterocycles. The third kappa shape index (κ3) is 3.49. The first-order valence-electron chi connectivity index (χ1n) is 6.60. The number of benzene rings is 1. The highest BCUT2D eigenvalue weighted by atomic mass is 127. The van der Waals surface area contributed by atoms with Crippen molar-refractivity contribution in [3.8, 4) is 11.4 Å². The second-order valence-electron chi connectivity index (χ2n) is 4.79. The third-order valence-corrected chi connectivity index (χ3v) is 4.41. The summed E-state index contributed by atoms with van der Waals surface area (Å²) in [6.45, 7) is 7.24. The lowest BCUT2D eigenvalue weighted by Crippen LogP contribution is -2.09. The van der Waals surface area contributed by atoms with Crippen LogP contribution < -0.4 is 5.32 Å². The van der Waals surface area contributed by atoms with Gasteiger partial charge in [0.15, 0.2) is 5.82 Å². The normalized spacial score (nSPS) is 10.9. The second kappa shape index (κ2) is 6.85. The highest BCUT2D eigenvalue weighted by molar-refractivity contribution is 14.1. The van der Waals surface area contributed by atoms with Gasteiger partial charge in [-0.05, 0) is 47.6 Å². The highest BCUT2D eigenvalue weighted by Gasteiger charge is 2.15. The Bertz CT molecular complexity index is 614. The third-order valence-electron chi connectivity index (χ3n) is 2.85. The van der Waals surface area contributed by atoms with Crippen LogP contribution in [0.3, 0.4) is 0 Å². The Morgan fingerprint density at radius 1 is 1.30 bits per heavy atom. The Kier molecular flexibility index (Phi) is 5.37. The van der Waals surface area contributed by atoms with Gasteiger partial charge in [0.1, 0.15) is 5.82 Å². The molecule has 5 heteroatoms. The quantitative estimate of drug-likeness (QED) is 0.668. The zero-order chi connectivity index (χ0) is 14.7. The number of hydrogen-bond acceptors (Lipinski definition) is 3. The molecule has 0 aliphatic carbocycles. The fourth-order valence-electron chi connectivity index (χ4n) is 1.89. The standard InChI is InChI=1S/C15H17BrIN3/c1-4-18-15-12(17)13(9(2)3)19-14(20-15)10-6-5-7-11(16)8-10/h5-9H,4H2,1-3H3,(H,18,19,20). The summed E-state index contributed by atoms with van der Waals surface area (Å²) in [5, 5.41) is 3.33. The fourth-order valence-corrected chi connectivity index (χ4v) is 3.34. The number of nitrogens with zero attached hydrogens (tertiary/aromatic N) is 2. The summed E-state index contributed by atoms with van der Waals surface area (Å²) in [6.07, 6.45) is 0. The molecule has 0 bridgehead atoms. The Hall–Kier alpha value is -0.690. The lowest BCUT2D eigenvalue weighted by molar-refractivity contribution is 0.808. The predicted molar refractivity (Wildman–Crippen MR) is 96.1 cm³/mol. The number of hydrogen-bond donors (Lipinski definition) is 1. The first-order valence-corrected chi connectivity index (χ1v) is 8.47. The molecule has 0 amide bonds. The van der Waals surface area contributed by atoms with Crippen LogP contribution in [0, 0.1) is 3.57 Å². The molecule has 3 nitrogen and oxygen atoms in total. The average Bonchev–Trinajstić information content (AvgIpc) is 2.41. The number of aromatic nitrogens is 2. The largest absolute Gasteiger partial charge is 0.369 e. The van der Waals surface area contributed by atoms with E-state index in [-0.39, 0.29) is 0 Å². The molecule has 0 aliphatic rings. The van der Waals surface area contributed by atoms with Crippen molar-refractivity contribution in [2.75, 3.05) is 11.9 Å². The molecule has 2 aromatic rings. The maximum absolute atomic E-state index is 4.75. The molecule has 0 atom stereocenters. The summed E-state index contributed by atoms with van der Waals surface area (Å²) >= 11 is 5.82. The van der Waals surface area contributed by atoms with Crippen LogP contribution >= 0.6 is 38.5 Å². The van der Waals surface area contributed by atoms with Crippen LogP contribution in [0.2, 0.25) is 0 Å². The molecule has 1 heterocycles. The van der Waals surface area contributed by atoms with Gasteiger partial charge in [-0.25, -0.2) is 9.97 Å². The van der Waals surface area contributed by atoms with Gasteiger partial charge in [0, 0.05) is 16.6 Å². The number of halogens is 2. The molecule has 1 N–H and O–H groups in total. The van der Waals surface area contributed by atoms with E-state index in [9.17, 15) is 0 Å². The van der Waals surface area contributed by atoms with Gasteiger partial charge in [-0.15, -0.1) is 0 Å². The maximum Gasteiger partial charge on any atom is 0.161 e. The monoisotopic (exact) mass is 445 g/mol. The van der Waals surface area contributed by atoms with E-state index < -0.39 is 0 Å². The summed E-state index contributed by atoms with van der Waals surface area (Å²) in [6, 6.07) is 8.09. The average molecular weight is 446 g/mol. The first kappa shape index (κ1) is 15.7. The molecule has 2 rings (SSSR count). The fraction of sp³-hybridized carbons (Fsp3) is 0.333. The van der Waals surface area contributed by atoms with Crippen molar-refractivity contribution in [2.24, 2.45) is 0 Å². The van der Waals surface area contributed by atoms with E-state index in [2.05, 4.69) is 69.6 Å². The molecule has 0 fully saturated rings. The van der Waals surface area contributed by atoms with Crippen LogP contribution in [0.5, 0.6) is 0 Å². The molecule has 0 saturated carbocycles. The Morgan fingerprint density at radius 2 is 2.05 bits per heavy atom. The smallest absolute Gasteiger partial charge is 0.161 e. The van der Waals surface area contributed by atoms with E-state index in [0.717, 1.165) is 37.5 Å². The van der Waals surface area contributed by atoms with Gasteiger partial charge in [-0.3, -0.25) is 0 Å². The van der Waals surface area contributed by atoms with Gasteiger partial charge < -0.3 is 5.32 Å². The van der Waals surface area contributed by atoms with Gasteiger partial charge >= 0.3 is 0 Å². The Morgan fingerprint density at radius 3 is 2.65 bits per heavy atom. The van der Waals surface area contributed by atoms with Crippen molar-refractivity contribution in [3.63, 3.8) is 0 Å². The van der Waals surface area contributed by atoms with Crippen molar-refractivity contribution in [1.82, 2.24) is 9.97 Å². The van der Waals surface area contributed by atoms with Gasteiger partial charge in [0.25, 0.3) is 0 Å². The summed E-state index contributed by atoms with van der Waals surface area (Å²) in [4.78, 5) is 9.41. The first-order chi connectivity index (χ1) is 9.52. The molecule has 0 unspecified atom stereocenters. The van der Waals surface area contributed by atoms with E-state index in [4.69, 9.17) is 4.98 Å². The summed E-state index contributed by atoms with van der Waals surface area (Å²) in [7, 11) is 0. The summed E-state index contributed by atoms with van der Waals surface area (Å²) in [5.74, 6) is 2.06. The molecular formula is C15H17BrIN3. The maximum atomic E-state index is 4.75. The van der Waals surface area contributed by atoms with Crippen LogP contribution in [0.1, 0.15) is 32.4 Å². The lowest BCUT2D eigenvalue weighted by atomic mass is 10.1. The Labute approximate surface area is 141 Å². The van der Waals surface area contributed by atoms with Crippen LogP contribution in [0.15, 0.2) is 28.7 Å². The van der Waals surface area contributed by atoms with E-state index in [1.165, 1.54) is 0 Å². The van der Waals surface area contributed by atoms with Crippen molar-refractivity contribution < 1.29 is 0 Å². The minimum atomic E-state index is 0.369. The van der Waals surface area contributed by atoms with Crippen LogP contribution in [-0.4, -0.2) is 16.5 Å². The van der Waals surface area contributed by atoms with Crippen LogP contribution in [0.25, 0.3) is 11.4 Å². The van der Waals surface area contributed by atoms with Crippen molar-refractivity contribution in [3.05, 3.63) is 38.0 Å². The van der Waals surface area contributed by atoms with Crippen molar-refractivity contribution >= 4 is 44.3 Å². The van der Waals surface area contributed by atoms with Gasteiger partial charge in [-0.1, -0.05) is 41.9 Å². The molecule has 20 heavy (non-hydrogen) atoms. The molecule has 1 aromatic carbocycles. The number of nitrogens with one attached hydrogen (secondary N) is 1. The second-order valence-corrected chi connectivity index (χ2v) is 6.78. The summed E-state index contributed by atoms with van der Waals surface area (Å²) < 4.78 is 2.14. The van der Waals surface area contributed by atoms with E-state index in [1.807, 2.05) is 24.3 Å². The molecule has 0 radical (unpaired) electrons. The minimum absolute atomic E-state index is 0.369. The molecule has 106 valence electrons. The zero-order valence-corrected chi connectivity index (χ0v) is 15.5. The molecular weight excluding hydrogens is 429 g/mol.